The fourth-order valence-corrected chi connectivity index (χ4v) is 2.61. The van der Waals surface area contributed by atoms with Crippen LogP contribution >= 0.6 is 0 Å². The van der Waals surface area contributed by atoms with Crippen molar-refractivity contribution in [2.45, 2.75) is 18.7 Å². The fourth-order valence-electron chi connectivity index (χ4n) is 1.55. The van der Waals surface area contributed by atoms with Gasteiger partial charge in [0.25, 0.3) is 0 Å². The van der Waals surface area contributed by atoms with Crippen LogP contribution < -0.4 is 15.2 Å². The molecule has 0 aliphatic rings. The van der Waals surface area contributed by atoms with Gasteiger partial charge in [-0.1, -0.05) is 0 Å². The van der Waals surface area contributed by atoms with Gasteiger partial charge in [-0.05, 0) is 38.1 Å². The number of hydrogen-bond acceptors (Lipinski definition) is 4. The smallest absolute Gasteiger partial charge is 0.240 e. The number of sulfonamides is 1. The Morgan fingerprint density at radius 1 is 1.38 bits per heavy atom. The number of ether oxygens (including phenoxy) is 1. The molecule has 0 radical (unpaired) electrons. The standard InChI is InChI=1S/C10H16N2O3S/c1-6-5-8(16(13,14)12-3)7(2)9(11)10(6)15-4/h5,12H,11H2,1-4H3. The van der Waals surface area contributed by atoms with Crippen LogP contribution in [0, 0.1) is 13.8 Å². The molecule has 3 N–H and O–H groups in total. The largest absolute Gasteiger partial charge is 0.494 e. The number of nitrogen functional groups attached to an aromatic ring is 1. The predicted molar refractivity (Wildman–Crippen MR) is 63.1 cm³/mol. The number of benzene rings is 1. The number of hydrogen-bond donors (Lipinski definition) is 2. The molecule has 90 valence electrons. The van der Waals surface area contributed by atoms with Crippen LogP contribution in [0.5, 0.6) is 5.75 Å². The molecule has 0 saturated heterocycles. The van der Waals surface area contributed by atoms with Gasteiger partial charge in [0.05, 0.1) is 17.7 Å². The van der Waals surface area contributed by atoms with E-state index in [1.165, 1.54) is 14.2 Å². The summed E-state index contributed by atoms with van der Waals surface area (Å²) in [5.41, 5.74) is 7.38. The third kappa shape index (κ3) is 1.98. The first-order valence-electron chi connectivity index (χ1n) is 4.72. The number of aryl methyl sites for hydroxylation is 1. The van der Waals surface area contributed by atoms with Crippen molar-refractivity contribution >= 4 is 15.7 Å². The molecule has 0 fully saturated rings. The summed E-state index contributed by atoms with van der Waals surface area (Å²) in [5.74, 6) is 0.521. The van der Waals surface area contributed by atoms with Gasteiger partial charge in [-0.25, -0.2) is 13.1 Å². The molecule has 0 heterocycles. The molecule has 5 nitrogen and oxygen atoms in total. The Labute approximate surface area is 95.7 Å². The van der Waals surface area contributed by atoms with Crippen LogP contribution in [-0.4, -0.2) is 22.6 Å². The predicted octanol–water partition coefficient (Wildman–Crippen LogP) is 0.802. The lowest BCUT2D eigenvalue weighted by molar-refractivity contribution is 0.413. The summed E-state index contributed by atoms with van der Waals surface area (Å²) in [4.78, 5) is 0.186. The topological polar surface area (TPSA) is 81.4 Å². The van der Waals surface area contributed by atoms with Crippen molar-refractivity contribution in [2.75, 3.05) is 19.9 Å². The van der Waals surface area contributed by atoms with Crippen molar-refractivity contribution in [1.29, 1.82) is 0 Å². The molecule has 16 heavy (non-hydrogen) atoms. The van der Waals surface area contributed by atoms with Crippen LogP contribution in [0.2, 0.25) is 0 Å². The van der Waals surface area contributed by atoms with Crippen molar-refractivity contribution < 1.29 is 13.2 Å². The van der Waals surface area contributed by atoms with Crippen molar-refractivity contribution in [3.8, 4) is 5.75 Å². The van der Waals surface area contributed by atoms with Crippen molar-refractivity contribution in [2.24, 2.45) is 0 Å². The lowest BCUT2D eigenvalue weighted by Crippen LogP contribution is -2.20. The molecule has 1 aromatic carbocycles. The highest BCUT2D eigenvalue weighted by atomic mass is 32.2. The second kappa shape index (κ2) is 4.31. The highest BCUT2D eigenvalue weighted by molar-refractivity contribution is 7.89. The summed E-state index contributed by atoms with van der Waals surface area (Å²) >= 11 is 0. The van der Waals surface area contributed by atoms with E-state index in [1.807, 2.05) is 0 Å². The fraction of sp³-hybridized carbons (Fsp3) is 0.400. The van der Waals surface area contributed by atoms with Gasteiger partial charge < -0.3 is 10.5 Å². The number of methoxy groups -OCH3 is 1. The highest BCUT2D eigenvalue weighted by Crippen LogP contribution is 2.33. The molecule has 0 aliphatic heterocycles. The van der Waals surface area contributed by atoms with Crippen LogP contribution in [0.25, 0.3) is 0 Å². The molecule has 0 aromatic heterocycles. The lowest BCUT2D eigenvalue weighted by Gasteiger charge is -2.14. The number of anilines is 1. The Morgan fingerprint density at radius 3 is 2.38 bits per heavy atom. The maximum Gasteiger partial charge on any atom is 0.240 e. The average Bonchev–Trinajstić information content (AvgIpc) is 2.24. The highest BCUT2D eigenvalue weighted by Gasteiger charge is 2.20. The number of rotatable bonds is 3. The summed E-state index contributed by atoms with van der Waals surface area (Å²) < 4.78 is 30.8. The van der Waals surface area contributed by atoms with Crippen LogP contribution in [0.1, 0.15) is 11.1 Å². The van der Waals surface area contributed by atoms with Crippen LogP contribution in [0.4, 0.5) is 5.69 Å². The van der Waals surface area contributed by atoms with E-state index in [2.05, 4.69) is 4.72 Å². The Hall–Kier alpha value is -1.27. The van der Waals surface area contributed by atoms with Gasteiger partial charge in [-0.15, -0.1) is 0 Å². The normalized spacial score (nSPS) is 11.5. The summed E-state index contributed by atoms with van der Waals surface area (Å²) in [5, 5.41) is 0. The molecule has 0 bridgehead atoms. The second-order valence-corrected chi connectivity index (χ2v) is 5.33. The summed E-state index contributed by atoms with van der Waals surface area (Å²) in [6.45, 7) is 3.41. The van der Waals surface area contributed by atoms with E-state index < -0.39 is 10.0 Å². The first-order valence-corrected chi connectivity index (χ1v) is 6.20. The molecule has 6 heteroatoms. The molecule has 0 atom stereocenters. The minimum atomic E-state index is -3.48. The number of nitrogens with one attached hydrogen (secondary N) is 1. The maximum absolute atomic E-state index is 11.7. The molecular weight excluding hydrogens is 228 g/mol. The Morgan fingerprint density at radius 2 is 1.94 bits per heavy atom. The van der Waals surface area contributed by atoms with Crippen LogP contribution in [0.15, 0.2) is 11.0 Å². The zero-order valence-corrected chi connectivity index (χ0v) is 10.6. The SMILES string of the molecule is CNS(=O)(=O)c1cc(C)c(OC)c(N)c1C. The van der Waals surface area contributed by atoms with Crippen LogP contribution in [0.3, 0.4) is 0 Å². The molecule has 0 unspecified atom stereocenters. The quantitative estimate of drug-likeness (QED) is 0.771. The molecule has 0 spiro atoms. The van der Waals surface area contributed by atoms with E-state index in [0.29, 0.717) is 22.6 Å². The van der Waals surface area contributed by atoms with E-state index in [0.717, 1.165) is 0 Å². The van der Waals surface area contributed by atoms with Gasteiger partial charge >= 0.3 is 0 Å². The van der Waals surface area contributed by atoms with Gasteiger partial charge in [-0.2, -0.15) is 0 Å². The Balaban J connectivity index is 3.59. The Kier molecular flexibility index (Phi) is 3.44. The number of nitrogens with two attached hydrogens (primary N) is 1. The lowest BCUT2D eigenvalue weighted by atomic mass is 10.1. The van der Waals surface area contributed by atoms with Crippen molar-refractivity contribution in [1.82, 2.24) is 4.72 Å². The van der Waals surface area contributed by atoms with E-state index in [9.17, 15) is 8.42 Å². The molecule has 0 aliphatic carbocycles. The van der Waals surface area contributed by atoms with Gasteiger partial charge in [0.1, 0.15) is 5.75 Å². The zero-order valence-electron chi connectivity index (χ0n) is 9.79. The third-order valence-electron chi connectivity index (χ3n) is 2.49. The molecule has 1 aromatic rings. The van der Waals surface area contributed by atoms with Gasteiger partial charge in [0.2, 0.25) is 10.0 Å². The monoisotopic (exact) mass is 244 g/mol. The third-order valence-corrected chi connectivity index (χ3v) is 4.03. The van der Waals surface area contributed by atoms with Crippen molar-refractivity contribution in [3.63, 3.8) is 0 Å². The molecular formula is C10H16N2O3S. The second-order valence-electron chi connectivity index (χ2n) is 3.47. The van der Waals surface area contributed by atoms with E-state index >= 15 is 0 Å². The molecule has 0 amide bonds. The molecule has 1 rings (SSSR count). The first kappa shape index (κ1) is 12.8. The summed E-state index contributed by atoms with van der Waals surface area (Å²) in [6.07, 6.45) is 0. The maximum atomic E-state index is 11.7. The minimum absolute atomic E-state index is 0.186. The van der Waals surface area contributed by atoms with E-state index in [4.69, 9.17) is 10.5 Å². The minimum Gasteiger partial charge on any atom is -0.494 e. The van der Waals surface area contributed by atoms with Gasteiger partial charge in [0, 0.05) is 0 Å². The first-order chi connectivity index (χ1) is 7.35. The summed E-state index contributed by atoms with van der Waals surface area (Å²) in [6, 6.07) is 1.55. The van der Waals surface area contributed by atoms with Gasteiger partial charge in [-0.3, -0.25) is 0 Å². The zero-order chi connectivity index (χ0) is 12.5. The summed E-state index contributed by atoms with van der Waals surface area (Å²) in [7, 11) is -0.614. The van der Waals surface area contributed by atoms with E-state index in [-0.39, 0.29) is 4.90 Å². The van der Waals surface area contributed by atoms with E-state index in [1.54, 1.807) is 19.9 Å². The van der Waals surface area contributed by atoms with Gasteiger partial charge in [0.15, 0.2) is 0 Å². The molecule has 0 saturated carbocycles. The average molecular weight is 244 g/mol. The van der Waals surface area contributed by atoms with Crippen molar-refractivity contribution in [3.05, 3.63) is 17.2 Å². The Bertz CT molecular complexity index is 509. The van der Waals surface area contributed by atoms with Crippen LogP contribution in [-0.2, 0) is 10.0 Å².